The van der Waals surface area contributed by atoms with Crippen LogP contribution in [0.4, 0.5) is 5.69 Å². The fraction of sp³-hybridized carbons (Fsp3) is 0.310. The van der Waals surface area contributed by atoms with E-state index in [9.17, 15) is 18.0 Å². The van der Waals surface area contributed by atoms with Crippen LogP contribution in [0.5, 0.6) is 11.5 Å². The molecule has 1 heterocycles. The van der Waals surface area contributed by atoms with E-state index in [0.29, 0.717) is 37.7 Å². The molecule has 0 bridgehead atoms. The van der Waals surface area contributed by atoms with Gasteiger partial charge >= 0.3 is 0 Å². The van der Waals surface area contributed by atoms with Crippen molar-refractivity contribution in [3.63, 3.8) is 0 Å². The first kappa shape index (κ1) is 28.0. The topological polar surface area (TPSA) is 105 Å². The van der Waals surface area contributed by atoms with Crippen LogP contribution in [0.2, 0.25) is 0 Å². The van der Waals surface area contributed by atoms with Crippen LogP contribution in [-0.4, -0.2) is 64.0 Å². The minimum atomic E-state index is -4.14. The summed E-state index contributed by atoms with van der Waals surface area (Å²) in [6, 6.07) is 21.5. The number of ether oxygens (including phenoxy) is 2. The van der Waals surface area contributed by atoms with Crippen molar-refractivity contribution in [3.05, 3.63) is 84.4 Å². The van der Waals surface area contributed by atoms with Crippen molar-refractivity contribution in [2.24, 2.45) is 0 Å². The van der Waals surface area contributed by atoms with Crippen LogP contribution in [0.15, 0.2) is 83.8 Å². The standard InChI is InChI=1S/C29H33N3O6S/c1-3-30-29(34)22(2)31(17-16-23-10-6-4-7-11-23)28(33)21-32(39(35,36)25-12-8-5-9-13-25)24-14-15-26-27(20-24)38-19-18-37-26/h4-15,20,22H,3,16-19,21H2,1-2H3,(H,30,34). The van der Waals surface area contributed by atoms with Crippen molar-refractivity contribution in [2.45, 2.75) is 31.2 Å². The van der Waals surface area contributed by atoms with Gasteiger partial charge in [0, 0.05) is 19.2 Å². The van der Waals surface area contributed by atoms with E-state index >= 15 is 0 Å². The SMILES string of the molecule is CCNC(=O)C(C)N(CCc1ccccc1)C(=O)CN(c1ccc2c(c1)OCCO2)S(=O)(=O)c1ccccc1. The average Bonchev–Trinajstić information content (AvgIpc) is 2.96. The molecule has 10 heteroatoms. The third kappa shape index (κ3) is 6.69. The highest BCUT2D eigenvalue weighted by Gasteiger charge is 2.32. The lowest BCUT2D eigenvalue weighted by Crippen LogP contribution is -2.52. The van der Waals surface area contributed by atoms with E-state index < -0.39 is 28.5 Å². The number of likely N-dealkylation sites (N-methyl/N-ethyl adjacent to an activating group) is 1. The van der Waals surface area contributed by atoms with Gasteiger partial charge in [0.1, 0.15) is 25.8 Å². The lowest BCUT2D eigenvalue weighted by atomic mass is 10.1. The maximum Gasteiger partial charge on any atom is 0.264 e. The molecule has 206 valence electrons. The number of nitrogens with zero attached hydrogens (tertiary/aromatic N) is 2. The van der Waals surface area contributed by atoms with Gasteiger partial charge in [-0.3, -0.25) is 13.9 Å². The molecular weight excluding hydrogens is 518 g/mol. The second-order valence-electron chi connectivity index (χ2n) is 9.05. The van der Waals surface area contributed by atoms with Crippen LogP contribution in [0, 0.1) is 0 Å². The summed E-state index contributed by atoms with van der Waals surface area (Å²) in [6.07, 6.45) is 0.506. The van der Waals surface area contributed by atoms with E-state index in [1.807, 2.05) is 30.3 Å². The molecule has 0 radical (unpaired) electrons. The minimum Gasteiger partial charge on any atom is -0.486 e. The van der Waals surface area contributed by atoms with Gasteiger partial charge in [0.15, 0.2) is 11.5 Å². The molecule has 1 atom stereocenters. The number of anilines is 1. The summed E-state index contributed by atoms with van der Waals surface area (Å²) < 4.78 is 40.0. The lowest BCUT2D eigenvalue weighted by Gasteiger charge is -2.32. The second kappa shape index (κ2) is 12.7. The fourth-order valence-corrected chi connectivity index (χ4v) is 5.75. The number of amides is 2. The van der Waals surface area contributed by atoms with Crippen LogP contribution in [0.1, 0.15) is 19.4 Å². The highest BCUT2D eigenvalue weighted by atomic mass is 32.2. The monoisotopic (exact) mass is 551 g/mol. The van der Waals surface area contributed by atoms with E-state index in [0.717, 1.165) is 9.87 Å². The number of carbonyl (C=O) groups excluding carboxylic acids is 2. The highest BCUT2D eigenvalue weighted by molar-refractivity contribution is 7.92. The number of benzene rings is 3. The summed E-state index contributed by atoms with van der Waals surface area (Å²) in [5.74, 6) is 0.0913. The van der Waals surface area contributed by atoms with Gasteiger partial charge in [-0.1, -0.05) is 48.5 Å². The van der Waals surface area contributed by atoms with Crippen molar-refractivity contribution in [1.82, 2.24) is 10.2 Å². The summed E-state index contributed by atoms with van der Waals surface area (Å²) in [6.45, 7) is 4.32. The highest BCUT2D eigenvalue weighted by Crippen LogP contribution is 2.35. The molecular formula is C29H33N3O6S. The summed E-state index contributed by atoms with van der Waals surface area (Å²) in [5, 5.41) is 2.76. The largest absolute Gasteiger partial charge is 0.486 e. The smallest absolute Gasteiger partial charge is 0.264 e. The molecule has 1 N–H and O–H groups in total. The quantitative estimate of drug-likeness (QED) is 0.392. The zero-order valence-electron chi connectivity index (χ0n) is 22.1. The van der Waals surface area contributed by atoms with Crippen LogP contribution in [-0.2, 0) is 26.0 Å². The molecule has 39 heavy (non-hydrogen) atoms. The van der Waals surface area contributed by atoms with Gasteiger partial charge in [0.05, 0.1) is 10.6 Å². The van der Waals surface area contributed by atoms with Crippen molar-refractivity contribution in [2.75, 3.05) is 37.2 Å². The Bertz CT molecular complexity index is 1380. The third-order valence-electron chi connectivity index (χ3n) is 6.43. The second-order valence-corrected chi connectivity index (χ2v) is 10.9. The van der Waals surface area contributed by atoms with E-state index in [1.54, 1.807) is 50.2 Å². The molecule has 3 aromatic carbocycles. The predicted octanol–water partition coefficient (Wildman–Crippen LogP) is 3.25. The Morgan fingerprint density at radius 3 is 2.23 bits per heavy atom. The maximum absolute atomic E-state index is 13.8. The number of hydrogen-bond donors (Lipinski definition) is 1. The third-order valence-corrected chi connectivity index (χ3v) is 8.21. The minimum absolute atomic E-state index is 0.0419. The Morgan fingerprint density at radius 2 is 1.56 bits per heavy atom. The van der Waals surface area contributed by atoms with E-state index in [2.05, 4.69) is 5.32 Å². The molecule has 0 aromatic heterocycles. The van der Waals surface area contributed by atoms with Crippen LogP contribution >= 0.6 is 0 Å². The number of carbonyl (C=O) groups is 2. The van der Waals surface area contributed by atoms with Gasteiger partial charge in [0.25, 0.3) is 10.0 Å². The molecule has 1 unspecified atom stereocenters. The molecule has 0 spiro atoms. The maximum atomic E-state index is 13.8. The number of hydrogen-bond acceptors (Lipinski definition) is 6. The molecule has 0 aliphatic carbocycles. The van der Waals surface area contributed by atoms with Crippen molar-refractivity contribution < 1.29 is 27.5 Å². The van der Waals surface area contributed by atoms with Crippen LogP contribution in [0.3, 0.4) is 0 Å². The van der Waals surface area contributed by atoms with Crippen LogP contribution < -0.4 is 19.1 Å². The van der Waals surface area contributed by atoms with E-state index in [1.165, 1.54) is 17.0 Å². The first-order valence-electron chi connectivity index (χ1n) is 12.9. The fourth-order valence-electron chi connectivity index (χ4n) is 4.33. The Hall–Kier alpha value is -4.05. The molecule has 1 aliphatic rings. The van der Waals surface area contributed by atoms with E-state index in [-0.39, 0.29) is 23.0 Å². The first-order valence-corrected chi connectivity index (χ1v) is 14.3. The predicted molar refractivity (Wildman–Crippen MR) is 148 cm³/mol. The van der Waals surface area contributed by atoms with Crippen LogP contribution in [0.25, 0.3) is 0 Å². The van der Waals surface area contributed by atoms with Gasteiger partial charge in [-0.15, -0.1) is 0 Å². The molecule has 9 nitrogen and oxygen atoms in total. The van der Waals surface area contributed by atoms with Gasteiger partial charge in [-0.25, -0.2) is 8.42 Å². The molecule has 4 rings (SSSR count). The molecule has 3 aromatic rings. The Morgan fingerprint density at radius 1 is 0.923 bits per heavy atom. The lowest BCUT2D eigenvalue weighted by molar-refractivity contribution is -0.138. The molecule has 0 fully saturated rings. The molecule has 0 saturated heterocycles. The zero-order valence-corrected chi connectivity index (χ0v) is 22.9. The number of fused-ring (bicyclic) bond motifs is 1. The van der Waals surface area contributed by atoms with Gasteiger partial charge < -0.3 is 19.7 Å². The van der Waals surface area contributed by atoms with Gasteiger partial charge in [-0.2, -0.15) is 0 Å². The summed E-state index contributed by atoms with van der Waals surface area (Å²) in [4.78, 5) is 28.1. The Balaban J connectivity index is 1.69. The number of sulfonamides is 1. The van der Waals surface area contributed by atoms with Gasteiger partial charge in [-0.05, 0) is 50.1 Å². The van der Waals surface area contributed by atoms with Gasteiger partial charge in [0.2, 0.25) is 11.8 Å². The molecule has 2 amide bonds. The number of rotatable bonds is 11. The Labute approximate surface area is 229 Å². The number of nitrogens with one attached hydrogen (secondary N) is 1. The van der Waals surface area contributed by atoms with Crippen molar-refractivity contribution in [1.29, 1.82) is 0 Å². The summed E-state index contributed by atoms with van der Waals surface area (Å²) in [7, 11) is -4.14. The zero-order chi connectivity index (χ0) is 27.8. The Kier molecular flexibility index (Phi) is 9.08. The van der Waals surface area contributed by atoms with Crippen molar-refractivity contribution >= 4 is 27.5 Å². The van der Waals surface area contributed by atoms with E-state index in [4.69, 9.17) is 9.47 Å². The average molecular weight is 552 g/mol. The normalized spacial score (nSPS) is 13.3. The first-order chi connectivity index (χ1) is 18.8. The summed E-state index contributed by atoms with van der Waals surface area (Å²) >= 11 is 0. The van der Waals surface area contributed by atoms with Crippen molar-refractivity contribution in [3.8, 4) is 11.5 Å². The molecule has 1 aliphatic heterocycles. The molecule has 0 saturated carbocycles. The summed E-state index contributed by atoms with van der Waals surface area (Å²) in [5.41, 5.74) is 1.25.